The van der Waals surface area contributed by atoms with Gasteiger partial charge in [0, 0.05) is 4.88 Å². The molecule has 1 aliphatic carbocycles. The van der Waals surface area contributed by atoms with Gasteiger partial charge in [0.1, 0.15) is 0 Å². The fraction of sp³-hybridized carbons (Fsp3) is 0.600. The molecule has 1 aliphatic heterocycles. The second-order valence-corrected chi connectivity index (χ2v) is 7.04. The van der Waals surface area contributed by atoms with Crippen LogP contribution in [0.25, 0.3) is 0 Å². The third-order valence-electron chi connectivity index (χ3n) is 3.69. The van der Waals surface area contributed by atoms with E-state index in [9.17, 15) is 8.42 Å². The van der Waals surface area contributed by atoms with E-state index in [0.29, 0.717) is 0 Å². The van der Waals surface area contributed by atoms with Crippen molar-refractivity contribution in [2.24, 2.45) is 5.41 Å². The molecule has 0 amide bonds. The summed E-state index contributed by atoms with van der Waals surface area (Å²) >= 11 is 1.60. The Morgan fingerprint density at radius 2 is 2.38 bits per heavy atom. The largest absolute Gasteiger partial charge is 0.336 e. The Hall–Kier alpha value is -0.430. The minimum Gasteiger partial charge on any atom is -0.258 e. The summed E-state index contributed by atoms with van der Waals surface area (Å²) in [4.78, 5) is 1.09. The van der Waals surface area contributed by atoms with Crippen LogP contribution in [-0.4, -0.2) is 15.0 Å². The molecule has 1 saturated heterocycles. The van der Waals surface area contributed by atoms with Crippen molar-refractivity contribution >= 4 is 21.6 Å². The van der Waals surface area contributed by atoms with Crippen LogP contribution in [0.3, 0.4) is 0 Å². The summed E-state index contributed by atoms with van der Waals surface area (Å²) in [5.74, 6) is 0. The number of fused-ring (bicyclic) bond motifs is 1. The van der Waals surface area contributed by atoms with Gasteiger partial charge in [-0.05, 0) is 29.7 Å². The van der Waals surface area contributed by atoms with Crippen LogP contribution in [0.1, 0.15) is 24.6 Å². The van der Waals surface area contributed by atoms with Crippen molar-refractivity contribution < 1.29 is 12.6 Å². The molecule has 16 heavy (non-hydrogen) atoms. The molecular formula is C10H13NO3S2. The van der Waals surface area contributed by atoms with E-state index >= 15 is 0 Å². The smallest absolute Gasteiger partial charge is 0.258 e. The normalized spacial score (nSPS) is 41.1. The number of rotatable bonds is 1. The van der Waals surface area contributed by atoms with E-state index < -0.39 is 15.8 Å². The molecule has 2 atom stereocenters. The highest BCUT2D eigenvalue weighted by Gasteiger charge is 2.68. The maximum Gasteiger partial charge on any atom is 0.336 e. The number of thiophene rings is 1. The van der Waals surface area contributed by atoms with Gasteiger partial charge >= 0.3 is 10.3 Å². The highest BCUT2D eigenvalue weighted by molar-refractivity contribution is 7.84. The van der Waals surface area contributed by atoms with Crippen molar-refractivity contribution in [1.29, 1.82) is 0 Å². The monoisotopic (exact) mass is 259 g/mol. The summed E-state index contributed by atoms with van der Waals surface area (Å²) in [6.45, 7) is 2.39. The molecule has 0 spiro atoms. The van der Waals surface area contributed by atoms with E-state index in [1.165, 1.54) is 0 Å². The summed E-state index contributed by atoms with van der Waals surface area (Å²) < 4.78 is 30.8. The fourth-order valence-corrected chi connectivity index (χ4v) is 4.89. The van der Waals surface area contributed by atoms with Crippen LogP contribution in [0.15, 0.2) is 17.5 Å². The van der Waals surface area contributed by atoms with Crippen LogP contribution >= 0.6 is 11.3 Å². The van der Waals surface area contributed by atoms with E-state index in [0.717, 1.165) is 17.7 Å². The maximum absolute atomic E-state index is 11.6. The summed E-state index contributed by atoms with van der Waals surface area (Å²) in [6.07, 6.45) is 1.64. The molecule has 2 aliphatic rings. The van der Waals surface area contributed by atoms with Crippen LogP contribution in [0, 0.1) is 5.41 Å². The third-order valence-corrected chi connectivity index (χ3v) is 5.80. The molecule has 3 rings (SSSR count). The minimum atomic E-state index is -3.59. The predicted molar refractivity (Wildman–Crippen MR) is 61.3 cm³/mol. The van der Waals surface area contributed by atoms with Crippen molar-refractivity contribution in [3.63, 3.8) is 0 Å². The van der Waals surface area contributed by atoms with Crippen molar-refractivity contribution in [1.82, 2.24) is 4.72 Å². The lowest BCUT2D eigenvalue weighted by Gasteiger charge is -2.18. The molecule has 2 heterocycles. The van der Waals surface area contributed by atoms with E-state index in [2.05, 4.69) is 11.6 Å². The Balaban J connectivity index is 2.07. The van der Waals surface area contributed by atoms with Gasteiger partial charge in [0.15, 0.2) is 0 Å². The Morgan fingerprint density at radius 1 is 1.56 bits per heavy atom. The number of hydrogen-bond donors (Lipinski definition) is 1. The van der Waals surface area contributed by atoms with Gasteiger partial charge in [-0.2, -0.15) is 13.1 Å². The fourth-order valence-electron chi connectivity index (χ4n) is 2.58. The lowest BCUT2D eigenvalue weighted by atomic mass is 9.98. The summed E-state index contributed by atoms with van der Waals surface area (Å²) in [7, 11) is -3.59. The molecule has 0 unspecified atom stereocenters. The van der Waals surface area contributed by atoms with Crippen LogP contribution in [0.2, 0.25) is 0 Å². The van der Waals surface area contributed by atoms with Crippen molar-refractivity contribution in [3.8, 4) is 0 Å². The molecule has 4 nitrogen and oxygen atoms in total. The average Bonchev–Trinajstić information content (AvgIpc) is 2.64. The zero-order valence-corrected chi connectivity index (χ0v) is 10.5. The zero-order chi connectivity index (χ0) is 11.4. The molecule has 1 aromatic heterocycles. The molecule has 2 fully saturated rings. The van der Waals surface area contributed by atoms with Crippen molar-refractivity contribution in [2.45, 2.75) is 25.3 Å². The van der Waals surface area contributed by atoms with E-state index in [-0.39, 0.29) is 12.0 Å². The summed E-state index contributed by atoms with van der Waals surface area (Å²) in [5, 5.41) is 1.98. The van der Waals surface area contributed by atoms with Gasteiger partial charge in [0.25, 0.3) is 0 Å². The maximum atomic E-state index is 11.6. The van der Waals surface area contributed by atoms with Gasteiger partial charge in [-0.15, -0.1) is 11.3 Å². The predicted octanol–water partition coefficient (Wildman–Crippen LogP) is 1.61. The molecule has 1 N–H and O–H groups in total. The second-order valence-electron chi connectivity index (χ2n) is 4.75. The Kier molecular flexibility index (Phi) is 2.05. The Labute approximate surface area is 98.9 Å². The van der Waals surface area contributed by atoms with Gasteiger partial charge in [0.05, 0.1) is 12.1 Å². The number of nitrogens with one attached hydrogen (secondary N) is 1. The molecule has 6 heteroatoms. The summed E-state index contributed by atoms with van der Waals surface area (Å²) in [5.41, 5.74) is -0.419. The quantitative estimate of drug-likeness (QED) is 0.833. The van der Waals surface area contributed by atoms with E-state index in [4.69, 9.17) is 4.18 Å². The lowest BCUT2D eigenvalue weighted by molar-refractivity contribution is 0.288. The molecule has 0 radical (unpaired) electrons. The SMILES string of the molecule is C[C@@]12CCOS(=O)(=O)N[C@]1(c1cccs1)C2. The molecule has 0 aromatic carbocycles. The molecule has 1 aromatic rings. The first-order chi connectivity index (χ1) is 7.48. The van der Waals surface area contributed by atoms with Gasteiger partial charge < -0.3 is 0 Å². The third kappa shape index (κ3) is 1.37. The standard InChI is InChI=1S/C10H13NO3S2/c1-9-4-5-14-16(12,13)11-10(9,7-9)8-3-2-6-15-8/h2-3,6,11H,4-5,7H2,1H3/t9-,10-/m0/s1. The molecular weight excluding hydrogens is 246 g/mol. The minimum absolute atomic E-state index is 0.00141. The van der Waals surface area contributed by atoms with E-state index in [1.807, 2.05) is 17.5 Å². The van der Waals surface area contributed by atoms with Crippen molar-refractivity contribution in [2.75, 3.05) is 6.61 Å². The average molecular weight is 259 g/mol. The molecule has 88 valence electrons. The first kappa shape index (κ1) is 10.7. The first-order valence-electron chi connectivity index (χ1n) is 5.20. The first-order valence-corrected chi connectivity index (χ1v) is 7.49. The topological polar surface area (TPSA) is 55.4 Å². The van der Waals surface area contributed by atoms with Crippen LogP contribution in [-0.2, 0) is 20.0 Å². The highest BCUT2D eigenvalue weighted by Crippen LogP contribution is 2.66. The second kappa shape index (κ2) is 3.07. The van der Waals surface area contributed by atoms with Crippen LogP contribution in [0.4, 0.5) is 0 Å². The van der Waals surface area contributed by atoms with Gasteiger partial charge in [0.2, 0.25) is 0 Å². The Bertz CT molecular complexity index is 510. The summed E-state index contributed by atoms with van der Waals surface area (Å²) in [6, 6.07) is 3.94. The highest BCUT2D eigenvalue weighted by atomic mass is 32.2. The molecule has 0 bridgehead atoms. The van der Waals surface area contributed by atoms with Crippen molar-refractivity contribution in [3.05, 3.63) is 22.4 Å². The van der Waals surface area contributed by atoms with Gasteiger partial charge in [-0.3, -0.25) is 4.18 Å². The zero-order valence-electron chi connectivity index (χ0n) is 8.89. The van der Waals surface area contributed by atoms with Gasteiger partial charge in [-0.1, -0.05) is 13.0 Å². The number of hydrogen-bond acceptors (Lipinski definition) is 4. The van der Waals surface area contributed by atoms with Crippen LogP contribution < -0.4 is 4.72 Å². The van der Waals surface area contributed by atoms with E-state index in [1.54, 1.807) is 11.3 Å². The molecule has 1 saturated carbocycles. The lowest BCUT2D eigenvalue weighted by Crippen LogP contribution is -2.36. The van der Waals surface area contributed by atoms with Gasteiger partial charge in [-0.25, -0.2) is 0 Å². The van der Waals surface area contributed by atoms with Crippen LogP contribution in [0.5, 0.6) is 0 Å². The Morgan fingerprint density at radius 3 is 3.06 bits per heavy atom.